The van der Waals surface area contributed by atoms with Gasteiger partial charge in [0.05, 0.1) is 20.8 Å². The Labute approximate surface area is 129 Å². The monoisotopic (exact) mass is 308 g/mol. The molecule has 0 aliphatic carbocycles. The largest absolute Gasteiger partial charge is 0.502 e. The first-order valence-corrected chi connectivity index (χ1v) is 6.85. The average Bonchev–Trinajstić information content (AvgIpc) is 2.53. The van der Waals surface area contributed by atoms with Crippen LogP contribution in [0.15, 0.2) is 17.7 Å². The van der Waals surface area contributed by atoms with Crippen molar-refractivity contribution in [1.82, 2.24) is 0 Å². The molecular formula is C16H20O6. The van der Waals surface area contributed by atoms with Crippen LogP contribution < -0.4 is 9.47 Å². The second-order valence-electron chi connectivity index (χ2n) is 4.33. The molecule has 0 spiro atoms. The summed E-state index contributed by atoms with van der Waals surface area (Å²) in [7, 11) is 2.79. The van der Waals surface area contributed by atoms with Crippen LogP contribution in [0.5, 0.6) is 17.2 Å². The number of Topliss-reactive ketones (excluding diaryl/α,β-unsaturated/α-hetero) is 1. The molecule has 1 rings (SSSR count). The van der Waals surface area contributed by atoms with E-state index in [2.05, 4.69) is 0 Å². The van der Waals surface area contributed by atoms with E-state index in [1.165, 1.54) is 32.4 Å². The van der Waals surface area contributed by atoms with Crippen molar-refractivity contribution in [2.75, 3.05) is 20.8 Å². The van der Waals surface area contributed by atoms with Gasteiger partial charge in [-0.05, 0) is 30.7 Å². The van der Waals surface area contributed by atoms with Crippen molar-refractivity contribution >= 4 is 17.8 Å². The lowest BCUT2D eigenvalue weighted by Gasteiger charge is -2.10. The summed E-state index contributed by atoms with van der Waals surface area (Å²) in [6.45, 7) is 3.50. The number of carbonyl (C=O) groups is 2. The van der Waals surface area contributed by atoms with E-state index in [0.29, 0.717) is 5.56 Å². The number of phenolic OH excluding ortho intramolecular Hbond substituents is 1. The Kier molecular flexibility index (Phi) is 6.44. The van der Waals surface area contributed by atoms with Gasteiger partial charge < -0.3 is 19.3 Å². The quantitative estimate of drug-likeness (QED) is 0.360. The number of esters is 1. The van der Waals surface area contributed by atoms with Gasteiger partial charge in [-0.1, -0.05) is 6.92 Å². The van der Waals surface area contributed by atoms with Gasteiger partial charge in [-0.25, -0.2) is 4.79 Å². The van der Waals surface area contributed by atoms with Crippen LogP contribution in [0.2, 0.25) is 0 Å². The normalized spacial score (nSPS) is 11.0. The number of carbonyl (C=O) groups excluding carboxylic acids is 2. The van der Waals surface area contributed by atoms with E-state index in [4.69, 9.17) is 14.2 Å². The van der Waals surface area contributed by atoms with Crippen molar-refractivity contribution in [2.24, 2.45) is 0 Å². The average molecular weight is 308 g/mol. The summed E-state index contributed by atoms with van der Waals surface area (Å²) >= 11 is 0. The van der Waals surface area contributed by atoms with E-state index in [1.54, 1.807) is 13.8 Å². The highest BCUT2D eigenvalue weighted by molar-refractivity contribution is 6.20. The Morgan fingerprint density at radius 1 is 1.14 bits per heavy atom. The van der Waals surface area contributed by atoms with Gasteiger partial charge in [0.2, 0.25) is 5.75 Å². The van der Waals surface area contributed by atoms with E-state index in [-0.39, 0.29) is 41.6 Å². The molecule has 0 saturated heterocycles. The molecule has 1 aromatic rings. The Morgan fingerprint density at radius 2 is 1.68 bits per heavy atom. The molecule has 1 aromatic carbocycles. The summed E-state index contributed by atoms with van der Waals surface area (Å²) in [5.74, 6) is -0.804. The van der Waals surface area contributed by atoms with Crippen LogP contribution in [-0.2, 0) is 14.3 Å². The highest BCUT2D eigenvalue weighted by Gasteiger charge is 2.19. The van der Waals surface area contributed by atoms with E-state index in [0.717, 1.165) is 0 Å². The molecule has 0 aliphatic heterocycles. The molecule has 0 saturated carbocycles. The maximum atomic E-state index is 11.9. The number of ketones is 1. The van der Waals surface area contributed by atoms with Gasteiger partial charge in [0.1, 0.15) is 5.57 Å². The molecule has 0 bridgehead atoms. The lowest BCUT2D eigenvalue weighted by Crippen LogP contribution is -2.15. The predicted octanol–water partition coefficient (Wildman–Crippen LogP) is 2.33. The fourth-order valence-electron chi connectivity index (χ4n) is 1.82. The van der Waals surface area contributed by atoms with Crippen molar-refractivity contribution in [3.63, 3.8) is 0 Å². The molecular weight excluding hydrogens is 288 g/mol. The number of benzene rings is 1. The summed E-state index contributed by atoms with van der Waals surface area (Å²) in [5, 5.41) is 9.87. The van der Waals surface area contributed by atoms with Crippen LogP contribution in [0, 0.1) is 0 Å². The SMILES string of the molecule is CCOC(=O)/C(=C/c1cc(OC)c(O)c(OC)c1)C(=O)CC. The van der Waals surface area contributed by atoms with Crippen molar-refractivity contribution in [1.29, 1.82) is 0 Å². The smallest absolute Gasteiger partial charge is 0.341 e. The van der Waals surface area contributed by atoms with E-state index >= 15 is 0 Å². The fourth-order valence-corrected chi connectivity index (χ4v) is 1.82. The number of rotatable bonds is 7. The summed E-state index contributed by atoms with van der Waals surface area (Å²) in [4.78, 5) is 23.8. The summed E-state index contributed by atoms with van der Waals surface area (Å²) in [5.41, 5.74) is 0.426. The summed E-state index contributed by atoms with van der Waals surface area (Å²) < 4.78 is 15.0. The predicted molar refractivity (Wildman–Crippen MR) is 81.1 cm³/mol. The van der Waals surface area contributed by atoms with Crippen LogP contribution in [-0.4, -0.2) is 37.7 Å². The molecule has 22 heavy (non-hydrogen) atoms. The minimum Gasteiger partial charge on any atom is -0.502 e. The van der Waals surface area contributed by atoms with Crippen LogP contribution in [0.1, 0.15) is 25.8 Å². The van der Waals surface area contributed by atoms with Crippen molar-refractivity contribution in [2.45, 2.75) is 20.3 Å². The number of aromatic hydroxyl groups is 1. The first-order chi connectivity index (χ1) is 10.5. The topological polar surface area (TPSA) is 82.1 Å². The van der Waals surface area contributed by atoms with Crippen LogP contribution in [0.4, 0.5) is 0 Å². The lowest BCUT2D eigenvalue weighted by molar-refractivity contribution is -0.139. The van der Waals surface area contributed by atoms with Gasteiger partial charge in [-0.3, -0.25) is 4.79 Å². The molecule has 1 N–H and O–H groups in total. The molecule has 0 fully saturated rings. The van der Waals surface area contributed by atoms with Gasteiger partial charge in [-0.15, -0.1) is 0 Å². The zero-order valence-corrected chi connectivity index (χ0v) is 13.1. The van der Waals surface area contributed by atoms with Crippen molar-refractivity contribution in [3.8, 4) is 17.2 Å². The third-order valence-corrected chi connectivity index (χ3v) is 2.93. The zero-order valence-electron chi connectivity index (χ0n) is 13.1. The minimum atomic E-state index is -0.680. The molecule has 0 unspecified atom stereocenters. The Bertz CT molecular complexity index is 563. The Hall–Kier alpha value is -2.50. The first-order valence-electron chi connectivity index (χ1n) is 6.85. The van der Waals surface area contributed by atoms with Crippen LogP contribution in [0.25, 0.3) is 6.08 Å². The van der Waals surface area contributed by atoms with E-state index < -0.39 is 5.97 Å². The summed E-state index contributed by atoms with van der Waals surface area (Å²) in [6, 6.07) is 3.00. The molecule has 0 amide bonds. The molecule has 6 heteroatoms. The first kappa shape index (κ1) is 17.6. The Morgan fingerprint density at radius 3 is 2.09 bits per heavy atom. The van der Waals surface area contributed by atoms with Gasteiger partial charge in [0.25, 0.3) is 0 Å². The summed E-state index contributed by atoms with van der Waals surface area (Å²) in [6.07, 6.45) is 1.57. The number of hydrogen-bond donors (Lipinski definition) is 1. The van der Waals surface area contributed by atoms with Gasteiger partial charge in [0, 0.05) is 6.42 Å². The van der Waals surface area contributed by atoms with Gasteiger partial charge in [0.15, 0.2) is 17.3 Å². The molecule has 6 nitrogen and oxygen atoms in total. The molecule has 120 valence electrons. The Balaban J connectivity index is 3.36. The van der Waals surface area contributed by atoms with Crippen molar-refractivity contribution < 1.29 is 28.9 Å². The zero-order chi connectivity index (χ0) is 16.7. The minimum absolute atomic E-state index is 0.0563. The maximum absolute atomic E-state index is 11.9. The van der Waals surface area contributed by atoms with E-state index in [1.807, 2.05) is 0 Å². The lowest BCUT2D eigenvalue weighted by atomic mass is 10.0. The molecule has 0 radical (unpaired) electrons. The number of methoxy groups -OCH3 is 2. The third kappa shape index (κ3) is 4.00. The molecule has 0 aromatic heterocycles. The fraction of sp³-hybridized carbons (Fsp3) is 0.375. The van der Waals surface area contributed by atoms with Crippen LogP contribution >= 0.6 is 0 Å². The highest BCUT2D eigenvalue weighted by Crippen LogP contribution is 2.37. The second kappa shape index (κ2) is 8.07. The van der Waals surface area contributed by atoms with Crippen LogP contribution in [0.3, 0.4) is 0 Å². The molecule has 0 heterocycles. The number of ether oxygens (including phenoxy) is 3. The standard InChI is InChI=1S/C16H20O6/c1-5-12(17)11(16(19)22-6-2)7-10-8-13(20-3)15(18)14(9-10)21-4/h7-9,18H,5-6H2,1-4H3/b11-7+. The van der Waals surface area contributed by atoms with Gasteiger partial charge >= 0.3 is 5.97 Å². The number of hydrogen-bond acceptors (Lipinski definition) is 6. The van der Waals surface area contributed by atoms with Gasteiger partial charge in [-0.2, -0.15) is 0 Å². The molecule has 0 aliphatic rings. The maximum Gasteiger partial charge on any atom is 0.341 e. The number of phenols is 1. The van der Waals surface area contributed by atoms with Crippen molar-refractivity contribution in [3.05, 3.63) is 23.3 Å². The van der Waals surface area contributed by atoms with E-state index in [9.17, 15) is 14.7 Å². The molecule has 0 atom stereocenters. The second-order valence-corrected chi connectivity index (χ2v) is 4.33. The third-order valence-electron chi connectivity index (χ3n) is 2.93. The highest BCUT2D eigenvalue weighted by atomic mass is 16.5.